The summed E-state index contributed by atoms with van der Waals surface area (Å²) < 4.78 is 35.7. The van der Waals surface area contributed by atoms with Gasteiger partial charge in [-0.25, -0.2) is 14.8 Å². The Hall–Kier alpha value is -6.18. The molecule has 4 rings (SSSR count). The van der Waals surface area contributed by atoms with Gasteiger partial charge >= 0.3 is 17.9 Å². The highest BCUT2D eigenvalue weighted by Gasteiger charge is 2.28. The van der Waals surface area contributed by atoms with Crippen LogP contribution in [0.2, 0.25) is 0 Å². The monoisotopic (exact) mass is 1490 g/mol. The van der Waals surface area contributed by atoms with E-state index < -0.39 is 36.7 Å². The number of carbonyl (C=O) groups is 6. The number of aliphatic hydroxyl groups excluding tert-OH is 1. The van der Waals surface area contributed by atoms with E-state index in [9.17, 15) is 33.9 Å². The van der Waals surface area contributed by atoms with Crippen LogP contribution in [-0.2, 0) is 76.7 Å². The second-order valence-corrected chi connectivity index (χ2v) is 28.8. The van der Waals surface area contributed by atoms with Gasteiger partial charge in [0.05, 0.1) is 51.2 Å². The zero-order valence-electron chi connectivity index (χ0n) is 63.8. The molecule has 22 nitrogen and oxygen atoms in total. The van der Waals surface area contributed by atoms with E-state index in [1.165, 1.54) is 134 Å². The molecule has 0 aliphatic heterocycles. The van der Waals surface area contributed by atoms with Crippen molar-refractivity contribution in [2.24, 2.45) is 0 Å². The van der Waals surface area contributed by atoms with E-state index in [4.69, 9.17) is 51.4 Å². The Kier molecular flexibility index (Phi) is 51.1. The molecule has 0 spiro atoms. The predicted octanol–water partition coefficient (Wildman–Crippen LogP) is 13.9. The first-order valence-corrected chi connectivity index (χ1v) is 41.2. The molecular formula is C80H131N9O13S2. The van der Waals surface area contributed by atoms with Crippen molar-refractivity contribution in [1.29, 1.82) is 0 Å². The van der Waals surface area contributed by atoms with Gasteiger partial charge in [0.2, 0.25) is 17.7 Å². The summed E-state index contributed by atoms with van der Waals surface area (Å²) in [5.41, 5.74) is 11.1. The first kappa shape index (κ1) is 90.2. The summed E-state index contributed by atoms with van der Waals surface area (Å²) in [4.78, 5) is 87.0. The minimum atomic E-state index is -1.30. The van der Waals surface area contributed by atoms with Crippen LogP contribution in [0.3, 0.4) is 0 Å². The highest BCUT2D eigenvalue weighted by atomic mass is 32.2. The number of aromatic nitrogens is 3. The number of fused-ring (bicyclic) bond motifs is 3. The number of ether oxygens (including phenoxy) is 6. The number of amides is 3. The van der Waals surface area contributed by atoms with Crippen LogP contribution in [0.25, 0.3) is 21.9 Å². The van der Waals surface area contributed by atoms with Gasteiger partial charge in [-0.3, -0.25) is 24.0 Å². The molecule has 0 radical (unpaired) electrons. The number of carbonyl (C=O) groups excluding carboxylic acids is 6. The maximum absolute atomic E-state index is 13.7. The maximum atomic E-state index is 13.7. The number of aliphatic hydroxyl groups is 1. The number of thioether (sulfide) groups is 1. The number of rotatable bonds is 65. The number of nitrogens with two attached hydrogens (primary N) is 1. The van der Waals surface area contributed by atoms with Crippen molar-refractivity contribution in [3.63, 3.8) is 0 Å². The number of thiocarbonyl (C=S) groups is 1. The van der Waals surface area contributed by atoms with Crippen LogP contribution in [0.4, 0.5) is 5.82 Å². The van der Waals surface area contributed by atoms with Gasteiger partial charge in [-0.2, -0.15) is 11.8 Å². The molecule has 0 unspecified atom stereocenters. The third-order valence-electron chi connectivity index (χ3n) is 18.3. The van der Waals surface area contributed by atoms with E-state index in [2.05, 4.69) is 75.1 Å². The van der Waals surface area contributed by atoms with Crippen LogP contribution in [-0.4, -0.2) is 163 Å². The Balaban J connectivity index is 1.07. The number of esters is 3. The molecule has 0 aliphatic carbocycles. The SMILES string of the molecule is CCCCCCCCCCCCCCCC(=O)OC[C@H](CSC[C@H](NC(=S)NCCCOCCOCCOCCCNC(=O)CCCC(=O)NCc1ccc(Cn2c(CCCC)nc3c(N)nc4ccccc4c32)cc1)C(=O)N[C@@H](CO)C(=O)OC)OC(=O)CCCCCCCCCCCCCCC. The van der Waals surface area contributed by atoms with Crippen molar-refractivity contribution >= 4 is 92.5 Å². The Bertz CT molecular complexity index is 2990. The molecule has 2 heterocycles. The average molecular weight is 1490 g/mol. The first-order valence-electron chi connectivity index (χ1n) is 39.6. The molecule has 0 saturated carbocycles. The molecule has 3 amide bonds. The van der Waals surface area contributed by atoms with E-state index in [0.717, 1.165) is 103 Å². The zero-order chi connectivity index (χ0) is 74.9. The lowest BCUT2D eigenvalue weighted by Crippen LogP contribution is -2.55. The molecule has 4 aromatic rings. The van der Waals surface area contributed by atoms with Crippen molar-refractivity contribution in [2.75, 3.05) is 90.3 Å². The van der Waals surface area contributed by atoms with Crippen LogP contribution in [0, 0.1) is 0 Å². The summed E-state index contributed by atoms with van der Waals surface area (Å²) in [6.07, 6.45) is 36.0. The van der Waals surface area contributed by atoms with Crippen LogP contribution in [0.1, 0.15) is 262 Å². The standard InChI is InChI=1S/C80H131N9O13S2/c1-5-8-11-13-15-17-19-21-23-25-27-29-31-43-73(93)101-60-65(102-74(94)44-32-30-28-26-24-22-20-18-16-14-12-9-6-2)61-104-62-69(78(95)86-68(59-90)79(96)97-4)87-80(103)83-50-37-52-99-54-56-100-55-53-98-51-36-49-82-71(91)41-35-42-72(92)84-57-63-45-47-64(48-46-63)58-89-70(40-10-7-3)88-75-76(89)66-38-33-34-39-67(66)85-77(75)81/h33-34,38-39,45-48,65,68-69,90H,5-32,35-37,40-44,49-62H2,1-4H3,(H2,81,85)(H,82,91)(H,84,92)(H,86,95)(H2,83,87,103)/t65-,68+,69+/m1/s1. The fraction of sp³-hybridized carbons (Fsp3) is 0.713. The quantitative estimate of drug-likeness (QED) is 0.00935. The number of methoxy groups -OCH3 is 1. The molecular weight excluding hydrogens is 1360 g/mol. The van der Waals surface area contributed by atoms with E-state index in [-0.39, 0.29) is 72.7 Å². The van der Waals surface area contributed by atoms with Gasteiger partial charge in [0.15, 0.2) is 17.0 Å². The molecule has 0 aliphatic rings. The summed E-state index contributed by atoms with van der Waals surface area (Å²) in [5, 5.41) is 25.7. The molecule has 24 heteroatoms. The second kappa shape index (κ2) is 58.9. The summed E-state index contributed by atoms with van der Waals surface area (Å²) in [5.74, 6) is -0.586. The molecule has 0 fully saturated rings. The maximum Gasteiger partial charge on any atom is 0.330 e. The molecule has 0 bridgehead atoms. The van der Waals surface area contributed by atoms with Gasteiger partial charge in [0, 0.05) is 88.4 Å². The Morgan fingerprint density at radius 1 is 0.548 bits per heavy atom. The molecule has 104 heavy (non-hydrogen) atoms. The lowest BCUT2D eigenvalue weighted by molar-refractivity contribution is -0.157. The van der Waals surface area contributed by atoms with Crippen LogP contribution < -0.4 is 32.3 Å². The summed E-state index contributed by atoms with van der Waals surface area (Å²) in [6, 6.07) is 13.9. The topological polar surface area (TPSA) is 295 Å². The number of unbranched alkanes of at least 4 members (excludes halogenated alkanes) is 25. The molecule has 2 aromatic heterocycles. The molecule has 0 saturated heterocycles. The van der Waals surface area contributed by atoms with E-state index >= 15 is 0 Å². The Labute approximate surface area is 631 Å². The number of nitrogens with zero attached hydrogens (tertiary/aromatic N) is 3. The largest absolute Gasteiger partial charge is 0.467 e. The number of benzene rings is 2. The number of imidazole rings is 1. The Morgan fingerprint density at radius 3 is 1.62 bits per heavy atom. The van der Waals surface area contributed by atoms with E-state index in [0.29, 0.717) is 97.3 Å². The van der Waals surface area contributed by atoms with Crippen molar-refractivity contribution in [3.8, 4) is 0 Å². The molecule has 586 valence electrons. The third-order valence-corrected chi connectivity index (χ3v) is 19.7. The van der Waals surface area contributed by atoms with Crippen LogP contribution in [0.15, 0.2) is 48.5 Å². The van der Waals surface area contributed by atoms with Crippen LogP contribution in [0.5, 0.6) is 0 Å². The van der Waals surface area contributed by atoms with Gasteiger partial charge < -0.3 is 70.4 Å². The highest BCUT2D eigenvalue weighted by molar-refractivity contribution is 7.99. The number of aryl methyl sites for hydroxylation is 1. The number of nitrogens with one attached hydrogen (secondary N) is 5. The lowest BCUT2D eigenvalue weighted by atomic mass is 10.0. The normalized spacial score (nSPS) is 12.2. The highest BCUT2D eigenvalue weighted by Crippen LogP contribution is 2.30. The number of hydrogen-bond acceptors (Lipinski definition) is 18. The second-order valence-electron chi connectivity index (χ2n) is 27.3. The summed E-state index contributed by atoms with van der Waals surface area (Å²) in [6.45, 7) is 10.1. The van der Waals surface area contributed by atoms with Gasteiger partial charge in [-0.15, -0.1) is 0 Å². The summed E-state index contributed by atoms with van der Waals surface area (Å²) >= 11 is 6.89. The average Bonchev–Trinajstić information content (AvgIpc) is 1.59. The van der Waals surface area contributed by atoms with Gasteiger partial charge in [0.1, 0.15) is 30.1 Å². The van der Waals surface area contributed by atoms with Crippen molar-refractivity contribution in [1.82, 2.24) is 41.1 Å². The minimum Gasteiger partial charge on any atom is -0.467 e. The number of nitrogen functional groups attached to an aromatic ring is 1. The van der Waals surface area contributed by atoms with Crippen LogP contribution >= 0.6 is 24.0 Å². The lowest BCUT2D eigenvalue weighted by Gasteiger charge is -2.23. The van der Waals surface area contributed by atoms with Crippen molar-refractivity contribution in [2.45, 2.75) is 283 Å². The Morgan fingerprint density at radius 2 is 1.06 bits per heavy atom. The van der Waals surface area contributed by atoms with Gasteiger partial charge in [-0.05, 0) is 67.9 Å². The fourth-order valence-corrected chi connectivity index (χ4v) is 13.4. The minimum absolute atomic E-state index is 0.109. The van der Waals surface area contributed by atoms with Gasteiger partial charge in [0.25, 0.3) is 0 Å². The molecule has 2 aromatic carbocycles. The number of anilines is 1. The smallest absolute Gasteiger partial charge is 0.330 e. The predicted molar refractivity (Wildman–Crippen MR) is 421 cm³/mol. The van der Waals surface area contributed by atoms with Crippen molar-refractivity contribution in [3.05, 3.63) is 65.5 Å². The number of para-hydroxylation sites is 1. The molecule has 8 N–H and O–H groups in total. The third kappa shape index (κ3) is 41.1. The number of hydrogen-bond donors (Lipinski definition) is 7. The number of pyridine rings is 1. The van der Waals surface area contributed by atoms with E-state index in [1.807, 2.05) is 30.3 Å². The van der Waals surface area contributed by atoms with E-state index in [1.54, 1.807) is 0 Å². The first-order chi connectivity index (χ1) is 50.8. The fourth-order valence-electron chi connectivity index (χ4n) is 12.1. The zero-order valence-corrected chi connectivity index (χ0v) is 65.4. The van der Waals surface area contributed by atoms with Gasteiger partial charge in [-0.1, -0.05) is 224 Å². The molecule has 3 atom stereocenters. The van der Waals surface area contributed by atoms with Crippen molar-refractivity contribution < 1.29 is 62.3 Å². The summed E-state index contributed by atoms with van der Waals surface area (Å²) in [7, 11) is 1.17.